The number of carboxylic acid groups (broad SMARTS) is 1. The van der Waals surface area contributed by atoms with E-state index in [2.05, 4.69) is 5.32 Å². The molecular weight excluding hydrogens is 206 g/mol. The number of ether oxygens (including phenoxy) is 1. The van der Waals surface area contributed by atoms with Crippen LogP contribution in [0.25, 0.3) is 0 Å². The standard InChI is InChI=1S/C12H17NO3/c1-3-11(12(14)15)13-9-5-7-10(8-6-9)16-4-2/h5-8,11,13H,3-4H2,1-2H3,(H,14,15)/t11-/m0/s1. The van der Waals surface area contributed by atoms with Crippen molar-refractivity contribution >= 4 is 11.7 Å². The van der Waals surface area contributed by atoms with Gasteiger partial charge in [-0.25, -0.2) is 4.79 Å². The number of benzene rings is 1. The lowest BCUT2D eigenvalue weighted by molar-refractivity contribution is -0.137. The summed E-state index contributed by atoms with van der Waals surface area (Å²) in [4.78, 5) is 10.8. The molecule has 0 fully saturated rings. The van der Waals surface area contributed by atoms with E-state index in [9.17, 15) is 4.79 Å². The number of hydrogen-bond acceptors (Lipinski definition) is 3. The molecule has 0 spiro atoms. The predicted molar refractivity (Wildman–Crippen MR) is 62.9 cm³/mol. The molecule has 88 valence electrons. The fourth-order valence-corrected chi connectivity index (χ4v) is 1.35. The van der Waals surface area contributed by atoms with Crippen LogP contribution in [0.5, 0.6) is 5.75 Å². The zero-order chi connectivity index (χ0) is 12.0. The summed E-state index contributed by atoms with van der Waals surface area (Å²) in [5.74, 6) is -0.0483. The maximum Gasteiger partial charge on any atom is 0.326 e. The van der Waals surface area contributed by atoms with Crippen LogP contribution in [0.2, 0.25) is 0 Å². The van der Waals surface area contributed by atoms with Crippen molar-refractivity contribution < 1.29 is 14.6 Å². The third-order valence-electron chi connectivity index (χ3n) is 2.21. The molecule has 16 heavy (non-hydrogen) atoms. The van der Waals surface area contributed by atoms with Gasteiger partial charge >= 0.3 is 5.97 Å². The van der Waals surface area contributed by atoms with Crippen LogP contribution in [0.4, 0.5) is 5.69 Å². The van der Waals surface area contributed by atoms with Crippen LogP contribution in [-0.2, 0) is 4.79 Å². The highest BCUT2D eigenvalue weighted by Crippen LogP contribution is 2.16. The maximum absolute atomic E-state index is 10.8. The van der Waals surface area contributed by atoms with Gasteiger partial charge in [-0.1, -0.05) is 6.92 Å². The molecule has 4 heteroatoms. The topological polar surface area (TPSA) is 58.6 Å². The van der Waals surface area contributed by atoms with E-state index >= 15 is 0 Å². The lowest BCUT2D eigenvalue weighted by Gasteiger charge is -2.13. The fraction of sp³-hybridized carbons (Fsp3) is 0.417. The van der Waals surface area contributed by atoms with Gasteiger partial charge in [0.25, 0.3) is 0 Å². The van der Waals surface area contributed by atoms with E-state index in [4.69, 9.17) is 9.84 Å². The zero-order valence-electron chi connectivity index (χ0n) is 9.56. The summed E-state index contributed by atoms with van der Waals surface area (Å²) >= 11 is 0. The van der Waals surface area contributed by atoms with Crippen LogP contribution in [0.3, 0.4) is 0 Å². The molecule has 2 N–H and O–H groups in total. The lowest BCUT2D eigenvalue weighted by atomic mass is 10.2. The van der Waals surface area contributed by atoms with Crippen molar-refractivity contribution in [2.75, 3.05) is 11.9 Å². The van der Waals surface area contributed by atoms with Crippen molar-refractivity contribution in [2.24, 2.45) is 0 Å². The number of anilines is 1. The van der Waals surface area contributed by atoms with E-state index in [1.54, 1.807) is 0 Å². The van der Waals surface area contributed by atoms with Gasteiger partial charge in [-0.05, 0) is 37.6 Å². The number of rotatable bonds is 6. The molecule has 1 rings (SSSR count). The molecule has 1 aromatic carbocycles. The van der Waals surface area contributed by atoms with Gasteiger partial charge in [-0.3, -0.25) is 0 Å². The summed E-state index contributed by atoms with van der Waals surface area (Å²) in [5, 5.41) is 11.8. The molecule has 4 nitrogen and oxygen atoms in total. The van der Waals surface area contributed by atoms with Crippen LogP contribution in [0.1, 0.15) is 20.3 Å². The molecule has 0 aliphatic rings. The van der Waals surface area contributed by atoms with E-state index in [0.717, 1.165) is 11.4 Å². The monoisotopic (exact) mass is 223 g/mol. The summed E-state index contributed by atoms with van der Waals surface area (Å²) in [6, 6.07) is 6.73. The van der Waals surface area contributed by atoms with Crippen LogP contribution in [0, 0.1) is 0 Å². The van der Waals surface area contributed by atoms with Crippen molar-refractivity contribution in [3.05, 3.63) is 24.3 Å². The number of carboxylic acids is 1. The minimum atomic E-state index is -0.837. The van der Waals surface area contributed by atoms with Crippen molar-refractivity contribution in [3.63, 3.8) is 0 Å². The van der Waals surface area contributed by atoms with Gasteiger partial charge in [0.2, 0.25) is 0 Å². The van der Waals surface area contributed by atoms with Gasteiger partial charge in [0, 0.05) is 5.69 Å². The summed E-state index contributed by atoms with van der Waals surface area (Å²) in [6.07, 6.45) is 0.544. The second kappa shape index (κ2) is 6.00. The Morgan fingerprint density at radius 1 is 1.38 bits per heavy atom. The van der Waals surface area contributed by atoms with Gasteiger partial charge < -0.3 is 15.2 Å². The van der Waals surface area contributed by atoms with Crippen LogP contribution in [-0.4, -0.2) is 23.7 Å². The molecule has 0 unspecified atom stereocenters. The number of nitrogens with one attached hydrogen (secondary N) is 1. The molecule has 0 amide bonds. The third-order valence-corrected chi connectivity index (χ3v) is 2.21. The van der Waals surface area contributed by atoms with Gasteiger partial charge in [0.05, 0.1) is 6.61 Å². The summed E-state index contributed by atoms with van der Waals surface area (Å²) in [5.41, 5.74) is 0.790. The molecule has 0 radical (unpaired) electrons. The maximum atomic E-state index is 10.8. The molecule has 1 aromatic rings. The van der Waals surface area contributed by atoms with Crippen LogP contribution < -0.4 is 10.1 Å². The second-order valence-electron chi connectivity index (χ2n) is 3.40. The Morgan fingerprint density at radius 3 is 2.44 bits per heavy atom. The average molecular weight is 223 g/mol. The molecule has 0 aromatic heterocycles. The molecule has 0 aliphatic carbocycles. The Kier molecular flexibility index (Phi) is 4.64. The van der Waals surface area contributed by atoms with Crippen LogP contribution in [0.15, 0.2) is 24.3 Å². The van der Waals surface area contributed by atoms with Gasteiger partial charge in [0.15, 0.2) is 0 Å². The van der Waals surface area contributed by atoms with Crippen molar-refractivity contribution in [1.82, 2.24) is 0 Å². The Hall–Kier alpha value is -1.71. The van der Waals surface area contributed by atoms with Gasteiger partial charge in [-0.15, -0.1) is 0 Å². The minimum Gasteiger partial charge on any atom is -0.494 e. The first-order chi connectivity index (χ1) is 7.67. The highest BCUT2D eigenvalue weighted by atomic mass is 16.5. The molecule has 0 saturated heterocycles. The normalized spacial score (nSPS) is 11.9. The smallest absolute Gasteiger partial charge is 0.326 e. The zero-order valence-corrected chi connectivity index (χ0v) is 9.56. The second-order valence-corrected chi connectivity index (χ2v) is 3.40. The first-order valence-corrected chi connectivity index (χ1v) is 5.39. The first kappa shape index (κ1) is 12.4. The number of carbonyl (C=O) groups is 1. The van der Waals surface area contributed by atoms with Crippen molar-refractivity contribution in [3.8, 4) is 5.75 Å². The highest BCUT2D eigenvalue weighted by molar-refractivity contribution is 5.77. The van der Waals surface area contributed by atoms with E-state index < -0.39 is 12.0 Å². The molecule has 0 aliphatic heterocycles. The molecule has 0 saturated carbocycles. The van der Waals surface area contributed by atoms with Crippen molar-refractivity contribution in [2.45, 2.75) is 26.3 Å². The summed E-state index contributed by atoms with van der Waals surface area (Å²) in [6.45, 7) is 4.38. The molecule has 0 heterocycles. The third kappa shape index (κ3) is 3.46. The quantitative estimate of drug-likeness (QED) is 0.777. The summed E-state index contributed by atoms with van der Waals surface area (Å²) < 4.78 is 5.30. The van der Waals surface area contributed by atoms with Crippen molar-refractivity contribution in [1.29, 1.82) is 0 Å². The number of aliphatic carboxylic acids is 1. The van der Waals surface area contributed by atoms with Crippen LogP contribution >= 0.6 is 0 Å². The lowest BCUT2D eigenvalue weighted by Crippen LogP contribution is -2.28. The van der Waals surface area contributed by atoms with E-state index in [1.165, 1.54) is 0 Å². The van der Waals surface area contributed by atoms with Gasteiger partial charge in [-0.2, -0.15) is 0 Å². The van der Waals surface area contributed by atoms with E-state index in [-0.39, 0.29) is 0 Å². The summed E-state index contributed by atoms with van der Waals surface area (Å²) in [7, 11) is 0. The number of hydrogen-bond donors (Lipinski definition) is 2. The Bertz CT molecular complexity index is 335. The first-order valence-electron chi connectivity index (χ1n) is 5.39. The highest BCUT2D eigenvalue weighted by Gasteiger charge is 2.13. The van der Waals surface area contributed by atoms with E-state index in [1.807, 2.05) is 38.1 Å². The SMILES string of the molecule is CCOc1ccc(N[C@@H](CC)C(=O)O)cc1. The Morgan fingerprint density at radius 2 is 2.00 bits per heavy atom. The predicted octanol–water partition coefficient (Wildman–Crippen LogP) is 2.36. The minimum absolute atomic E-state index is 0.544. The molecule has 0 bridgehead atoms. The average Bonchev–Trinajstić information content (AvgIpc) is 2.28. The largest absolute Gasteiger partial charge is 0.494 e. The Balaban J connectivity index is 2.63. The Labute approximate surface area is 95.2 Å². The van der Waals surface area contributed by atoms with Gasteiger partial charge in [0.1, 0.15) is 11.8 Å². The molecular formula is C12H17NO3. The van der Waals surface area contributed by atoms with E-state index in [0.29, 0.717) is 13.0 Å². The molecule has 1 atom stereocenters. The fourth-order valence-electron chi connectivity index (χ4n) is 1.35.